The number of hydrogen-bond acceptors (Lipinski definition) is 3. The third-order valence-electron chi connectivity index (χ3n) is 5.30. The summed E-state index contributed by atoms with van der Waals surface area (Å²) in [5.74, 6) is -0.775. The molecule has 0 bridgehead atoms. The van der Waals surface area contributed by atoms with E-state index in [9.17, 15) is 9.90 Å². The molecular formula is C15H25NO3. The quantitative estimate of drug-likeness (QED) is 0.834. The van der Waals surface area contributed by atoms with E-state index in [1.54, 1.807) is 0 Å². The summed E-state index contributed by atoms with van der Waals surface area (Å²) in [5, 5.41) is 9.21. The largest absolute Gasteiger partial charge is 0.481 e. The Morgan fingerprint density at radius 2 is 2.00 bits per heavy atom. The highest BCUT2D eigenvalue weighted by molar-refractivity contribution is 5.70. The van der Waals surface area contributed by atoms with E-state index >= 15 is 0 Å². The van der Waals surface area contributed by atoms with Gasteiger partial charge in [0, 0.05) is 19.2 Å². The van der Waals surface area contributed by atoms with Gasteiger partial charge in [-0.15, -0.1) is 0 Å². The van der Waals surface area contributed by atoms with E-state index in [0.29, 0.717) is 6.04 Å². The van der Waals surface area contributed by atoms with Crippen molar-refractivity contribution in [2.45, 2.75) is 63.0 Å². The smallest absolute Gasteiger partial charge is 0.307 e. The maximum atomic E-state index is 11.2. The SMILES string of the molecule is O=C(O)C1CCCN(C2CCOC3(CCCC3)C2)C1. The fourth-order valence-electron chi connectivity index (χ4n) is 4.22. The van der Waals surface area contributed by atoms with Gasteiger partial charge in [-0.3, -0.25) is 9.69 Å². The van der Waals surface area contributed by atoms with Crippen LogP contribution in [-0.2, 0) is 9.53 Å². The minimum atomic E-state index is -0.618. The second-order valence-corrected chi connectivity index (χ2v) is 6.56. The Morgan fingerprint density at radius 1 is 1.21 bits per heavy atom. The van der Waals surface area contributed by atoms with Gasteiger partial charge < -0.3 is 9.84 Å². The van der Waals surface area contributed by atoms with Crippen LogP contribution in [0.2, 0.25) is 0 Å². The van der Waals surface area contributed by atoms with Crippen molar-refractivity contribution in [3.8, 4) is 0 Å². The minimum absolute atomic E-state index is 0.138. The lowest BCUT2D eigenvalue weighted by molar-refractivity contribution is -0.145. The summed E-state index contributed by atoms with van der Waals surface area (Å²) in [5.41, 5.74) is 0.138. The van der Waals surface area contributed by atoms with Gasteiger partial charge in [0.1, 0.15) is 0 Å². The summed E-state index contributed by atoms with van der Waals surface area (Å²) in [6.45, 7) is 2.68. The molecule has 4 heteroatoms. The third kappa shape index (κ3) is 2.79. The van der Waals surface area contributed by atoms with Crippen molar-refractivity contribution in [2.24, 2.45) is 5.92 Å². The number of ether oxygens (including phenoxy) is 1. The fraction of sp³-hybridized carbons (Fsp3) is 0.933. The summed E-state index contributed by atoms with van der Waals surface area (Å²) < 4.78 is 6.08. The van der Waals surface area contributed by atoms with E-state index < -0.39 is 5.97 Å². The second-order valence-electron chi connectivity index (χ2n) is 6.56. The summed E-state index contributed by atoms with van der Waals surface area (Å²) in [6, 6.07) is 0.550. The molecule has 0 aromatic rings. The number of aliphatic carboxylic acids is 1. The number of carboxylic acids is 1. The van der Waals surface area contributed by atoms with Gasteiger partial charge >= 0.3 is 5.97 Å². The number of carbonyl (C=O) groups is 1. The van der Waals surface area contributed by atoms with Crippen molar-refractivity contribution >= 4 is 5.97 Å². The lowest BCUT2D eigenvalue weighted by Crippen LogP contribution is -2.51. The lowest BCUT2D eigenvalue weighted by Gasteiger charge is -2.45. The molecule has 2 heterocycles. The Balaban J connectivity index is 1.63. The molecule has 4 nitrogen and oxygen atoms in total. The molecule has 1 N–H and O–H groups in total. The van der Waals surface area contributed by atoms with E-state index in [0.717, 1.165) is 45.4 Å². The van der Waals surface area contributed by atoms with E-state index in [1.807, 2.05) is 0 Å². The molecule has 19 heavy (non-hydrogen) atoms. The number of rotatable bonds is 2. The van der Waals surface area contributed by atoms with Crippen LogP contribution >= 0.6 is 0 Å². The van der Waals surface area contributed by atoms with Crippen molar-refractivity contribution in [1.82, 2.24) is 4.90 Å². The summed E-state index contributed by atoms with van der Waals surface area (Å²) in [7, 11) is 0. The fourth-order valence-corrected chi connectivity index (χ4v) is 4.22. The molecule has 3 fully saturated rings. The third-order valence-corrected chi connectivity index (χ3v) is 5.30. The zero-order valence-electron chi connectivity index (χ0n) is 11.6. The van der Waals surface area contributed by atoms with Crippen molar-refractivity contribution in [3.05, 3.63) is 0 Å². The van der Waals surface area contributed by atoms with Gasteiger partial charge in [0.2, 0.25) is 0 Å². The van der Waals surface area contributed by atoms with Gasteiger partial charge in [0.25, 0.3) is 0 Å². The van der Waals surface area contributed by atoms with Crippen LogP contribution in [0.5, 0.6) is 0 Å². The molecule has 1 saturated carbocycles. The number of likely N-dealkylation sites (tertiary alicyclic amines) is 1. The molecule has 0 aromatic carbocycles. The Bertz CT molecular complexity index is 338. The maximum absolute atomic E-state index is 11.2. The van der Waals surface area contributed by atoms with Crippen LogP contribution in [0.25, 0.3) is 0 Å². The first kappa shape index (κ1) is 13.4. The zero-order valence-corrected chi connectivity index (χ0v) is 11.6. The predicted molar refractivity (Wildman–Crippen MR) is 72.1 cm³/mol. The Morgan fingerprint density at radius 3 is 2.74 bits per heavy atom. The highest BCUT2D eigenvalue weighted by Crippen LogP contribution is 2.41. The molecule has 2 saturated heterocycles. The summed E-state index contributed by atoms with van der Waals surface area (Å²) in [6.07, 6.45) is 9.09. The van der Waals surface area contributed by atoms with Crippen molar-refractivity contribution in [1.29, 1.82) is 0 Å². The molecule has 1 spiro atoms. The van der Waals surface area contributed by atoms with Crippen LogP contribution in [0.15, 0.2) is 0 Å². The Kier molecular flexibility index (Phi) is 3.81. The topological polar surface area (TPSA) is 49.8 Å². The molecule has 2 unspecified atom stereocenters. The van der Waals surface area contributed by atoms with Crippen LogP contribution in [0.4, 0.5) is 0 Å². The van der Waals surface area contributed by atoms with Crippen LogP contribution in [0, 0.1) is 5.92 Å². The number of hydrogen-bond donors (Lipinski definition) is 1. The van der Waals surface area contributed by atoms with Crippen LogP contribution < -0.4 is 0 Å². The van der Waals surface area contributed by atoms with E-state index in [1.165, 1.54) is 25.7 Å². The lowest BCUT2D eigenvalue weighted by atomic mass is 9.86. The monoisotopic (exact) mass is 267 g/mol. The number of nitrogens with zero attached hydrogens (tertiary/aromatic N) is 1. The van der Waals surface area contributed by atoms with Crippen molar-refractivity contribution < 1.29 is 14.6 Å². The molecule has 2 atom stereocenters. The van der Waals surface area contributed by atoms with E-state index in [-0.39, 0.29) is 11.5 Å². The predicted octanol–water partition coefficient (Wildman–Crippen LogP) is 2.27. The molecule has 3 aliphatic rings. The van der Waals surface area contributed by atoms with Crippen LogP contribution in [-0.4, -0.2) is 47.3 Å². The highest BCUT2D eigenvalue weighted by atomic mass is 16.5. The number of carboxylic acid groups (broad SMARTS) is 1. The van der Waals surface area contributed by atoms with Crippen molar-refractivity contribution in [2.75, 3.05) is 19.7 Å². The summed E-state index contributed by atoms with van der Waals surface area (Å²) in [4.78, 5) is 13.6. The Hall–Kier alpha value is -0.610. The van der Waals surface area contributed by atoms with E-state index in [4.69, 9.17) is 4.74 Å². The molecule has 3 rings (SSSR count). The van der Waals surface area contributed by atoms with Gasteiger partial charge in [-0.1, -0.05) is 12.8 Å². The molecule has 2 aliphatic heterocycles. The maximum Gasteiger partial charge on any atom is 0.307 e. The standard InChI is InChI=1S/C15H25NO3/c17-14(18)12-4-3-8-16(11-12)13-5-9-19-15(10-13)6-1-2-7-15/h12-13H,1-11H2,(H,17,18). The van der Waals surface area contributed by atoms with Gasteiger partial charge in [-0.25, -0.2) is 0 Å². The first-order valence-electron chi connectivity index (χ1n) is 7.79. The molecular weight excluding hydrogens is 242 g/mol. The first-order valence-corrected chi connectivity index (χ1v) is 7.79. The van der Waals surface area contributed by atoms with Gasteiger partial charge in [0.05, 0.1) is 11.5 Å². The molecule has 0 radical (unpaired) electrons. The first-order chi connectivity index (χ1) is 9.19. The summed E-state index contributed by atoms with van der Waals surface area (Å²) >= 11 is 0. The molecule has 0 aromatic heterocycles. The molecule has 1 aliphatic carbocycles. The minimum Gasteiger partial charge on any atom is -0.481 e. The van der Waals surface area contributed by atoms with E-state index in [2.05, 4.69) is 4.90 Å². The van der Waals surface area contributed by atoms with Gasteiger partial charge in [-0.05, 0) is 45.1 Å². The van der Waals surface area contributed by atoms with Crippen LogP contribution in [0.1, 0.15) is 51.4 Å². The average molecular weight is 267 g/mol. The normalized spacial score (nSPS) is 35.6. The average Bonchev–Trinajstić information content (AvgIpc) is 2.87. The number of piperidine rings is 1. The van der Waals surface area contributed by atoms with Gasteiger partial charge in [-0.2, -0.15) is 0 Å². The second kappa shape index (κ2) is 5.41. The van der Waals surface area contributed by atoms with Gasteiger partial charge in [0.15, 0.2) is 0 Å². The van der Waals surface area contributed by atoms with Crippen molar-refractivity contribution in [3.63, 3.8) is 0 Å². The molecule has 0 amide bonds. The Labute approximate surface area is 115 Å². The van der Waals surface area contributed by atoms with Crippen LogP contribution in [0.3, 0.4) is 0 Å². The molecule has 108 valence electrons. The zero-order chi connectivity index (χ0) is 13.3. The highest BCUT2D eigenvalue weighted by Gasteiger charge is 2.42.